The number of piperazine rings is 2. The molecule has 2 aliphatic carbocycles. The van der Waals surface area contributed by atoms with E-state index in [1.54, 1.807) is 12.1 Å². The lowest BCUT2D eigenvalue weighted by molar-refractivity contribution is -0.144. The van der Waals surface area contributed by atoms with Crippen molar-refractivity contribution in [2.24, 2.45) is 0 Å². The molecule has 0 spiro atoms. The Morgan fingerprint density at radius 2 is 0.759 bits per heavy atom. The smallest absolute Gasteiger partial charge is 0.263 e. The molecule has 12 heteroatoms. The maximum absolute atomic E-state index is 14.1. The Kier molecular flexibility index (Phi) is 18.9. The number of nitrogens with zero attached hydrogens (tertiary/aromatic N) is 4. The van der Waals surface area contributed by atoms with E-state index in [0.717, 1.165) is 92.4 Å². The number of carbonyl (C=O) groups is 4. The average Bonchev–Trinajstić information content (AvgIpc) is 3.51. The van der Waals surface area contributed by atoms with Crippen LogP contribution in [0.4, 0.5) is 20.2 Å². The highest BCUT2D eigenvalue weighted by Gasteiger charge is 2.46. The molecule has 4 amide bonds. The van der Waals surface area contributed by atoms with Gasteiger partial charge < -0.3 is 30.2 Å². The van der Waals surface area contributed by atoms with E-state index < -0.39 is 17.5 Å². The van der Waals surface area contributed by atoms with Crippen molar-refractivity contribution in [2.75, 3.05) is 62.2 Å². The lowest BCUT2D eigenvalue weighted by atomic mass is 9.79. The summed E-state index contributed by atoms with van der Waals surface area (Å²) >= 11 is 0. The van der Waals surface area contributed by atoms with Crippen molar-refractivity contribution in [1.29, 1.82) is 0 Å². The first-order chi connectivity index (χ1) is 38.4. The number of nitrogens with one attached hydrogen (secondary N) is 2. The SMILES string of the molecule is Cc1ccc(N2CCN(C(=O)C3(NC(=O)CC(c4ccccc4)c4ccccc4)CCCCC3)CC2)cc1C.O=C(CC(c1ccccc1)c1ccccc1)NC1(C(=O)N2CCN(c3ccc(C(F)F)cc3)CC2)CCCCC1. The van der Waals surface area contributed by atoms with E-state index in [4.69, 9.17) is 0 Å². The number of hydrogen-bond donors (Lipinski definition) is 2. The van der Waals surface area contributed by atoms with Crippen LogP contribution in [0.25, 0.3) is 0 Å². The molecule has 6 aromatic rings. The standard InChI is InChI=1S/C34H41N3O2.C33H37F2N3O2/c1-26-16-17-30(24-27(26)2)36-20-22-37(23-21-36)33(39)34(18-10-5-11-19-34)35-32(38)25-31(28-12-6-3-7-13-28)29-14-8-4-9-15-29;34-31(35)27-14-16-28(17-15-27)37-20-22-38(23-21-37)32(40)33(18-8-3-9-19-33)36-30(39)24-29(25-10-4-1-5-11-25)26-12-6-2-7-13-26/h3-4,6-9,12-17,24,31H,5,10-11,18-23,25H2,1-2H3,(H,35,38);1-2,4-7,10-17,29,31H,3,8-9,18-24H2,(H,36,39). The van der Waals surface area contributed by atoms with Crippen LogP contribution in [-0.4, -0.2) is 96.9 Å². The predicted octanol–water partition coefficient (Wildman–Crippen LogP) is 12.3. The molecule has 414 valence electrons. The van der Waals surface area contributed by atoms with Crippen LogP contribution in [0.5, 0.6) is 0 Å². The summed E-state index contributed by atoms with van der Waals surface area (Å²) in [6, 6.07) is 53.5. The number of halogens is 2. The van der Waals surface area contributed by atoms with Crippen molar-refractivity contribution in [1.82, 2.24) is 20.4 Å². The third-order valence-corrected chi connectivity index (χ3v) is 17.1. The van der Waals surface area contributed by atoms with E-state index in [1.807, 2.05) is 107 Å². The van der Waals surface area contributed by atoms with Gasteiger partial charge in [-0.1, -0.05) is 178 Å². The number of alkyl halides is 2. The number of rotatable bonds is 15. The highest BCUT2D eigenvalue weighted by Crippen LogP contribution is 2.36. The molecule has 0 bridgehead atoms. The maximum atomic E-state index is 14.1. The van der Waals surface area contributed by atoms with E-state index >= 15 is 0 Å². The van der Waals surface area contributed by atoms with Gasteiger partial charge in [-0.05, 0) is 97.2 Å². The van der Waals surface area contributed by atoms with Gasteiger partial charge in [-0.15, -0.1) is 0 Å². The first-order valence-corrected chi connectivity index (χ1v) is 28.8. The third kappa shape index (κ3) is 14.1. The molecular weight excluding hydrogens is 991 g/mol. The number of anilines is 2. The van der Waals surface area contributed by atoms with Gasteiger partial charge in [0.1, 0.15) is 11.1 Å². The Balaban J connectivity index is 0.000000192. The van der Waals surface area contributed by atoms with Crippen LogP contribution in [0.2, 0.25) is 0 Å². The fourth-order valence-corrected chi connectivity index (χ4v) is 12.4. The fraction of sp³-hybridized carbons (Fsp3) is 0.403. The summed E-state index contributed by atoms with van der Waals surface area (Å²) in [5.74, 6) is -0.194. The highest BCUT2D eigenvalue weighted by molar-refractivity contribution is 5.93. The van der Waals surface area contributed by atoms with Gasteiger partial charge in [-0.3, -0.25) is 19.2 Å². The fourth-order valence-electron chi connectivity index (χ4n) is 12.4. The Morgan fingerprint density at radius 3 is 1.10 bits per heavy atom. The van der Waals surface area contributed by atoms with E-state index in [0.29, 0.717) is 58.5 Å². The predicted molar refractivity (Wildman–Crippen MR) is 312 cm³/mol. The molecular formula is C67H78F2N6O4. The zero-order valence-electron chi connectivity index (χ0n) is 46.1. The maximum Gasteiger partial charge on any atom is 0.263 e. The third-order valence-electron chi connectivity index (χ3n) is 17.1. The normalized spacial score (nSPS) is 17.2. The van der Waals surface area contributed by atoms with Gasteiger partial charge in [0.25, 0.3) is 6.43 Å². The van der Waals surface area contributed by atoms with Crippen molar-refractivity contribution in [2.45, 2.75) is 120 Å². The van der Waals surface area contributed by atoms with E-state index in [-0.39, 0.29) is 47.4 Å². The lowest BCUT2D eigenvalue weighted by Gasteiger charge is -2.44. The molecule has 2 saturated heterocycles. The summed E-state index contributed by atoms with van der Waals surface area (Å²) in [5.41, 5.74) is 7.40. The minimum absolute atomic E-state index is 0.00391. The van der Waals surface area contributed by atoms with Crippen LogP contribution < -0.4 is 20.4 Å². The van der Waals surface area contributed by atoms with Gasteiger partial charge in [0.05, 0.1) is 0 Å². The molecule has 0 unspecified atom stereocenters. The number of benzene rings is 6. The monoisotopic (exact) mass is 1070 g/mol. The van der Waals surface area contributed by atoms with Crippen molar-refractivity contribution in [3.05, 3.63) is 203 Å². The van der Waals surface area contributed by atoms with Crippen molar-refractivity contribution < 1.29 is 28.0 Å². The summed E-state index contributed by atoms with van der Waals surface area (Å²) < 4.78 is 25.9. The molecule has 4 fully saturated rings. The van der Waals surface area contributed by atoms with Gasteiger partial charge in [0.15, 0.2) is 0 Å². The summed E-state index contributed by atoms with van der Waals surface area (Å²) in [7, 11) is 0. The first kappa shape index (κ1) is 56.4. The molecule has 2 heterocycles. The summed E-state index contributed by atoms with van der Waals surface area (Å²) in [6.07, 6.45) is 6.76. The molecule has 0 radical (unpaired) electrons. The second-order valence-electron chi connectivity index (χ2n) is 22.3. The number of carbonyl (C=O) groups excluding carboxylic acids is 4. The van der Waals surface area contributed by atoms with Crippen LogP contribution in [0.15, 0.2) is 164 Å². The second-order valence-corrected chi connectivity index (χ2v) is 22.3. The van der Waals surface area contributed by atoms with Crippen LogP contribution in [0.1, 0.15) is 134 Å². The van der Waals surface area contributed by atoms with Gasteiger partial charge in [0, 0.05) is 94.0 Å². The van der Waals surface area contributed by atoms with Gasteiger partial charge in [-0.2, -0.15) is 0 Å². The largest absolute Gasteiger partial charge is 0.368 e. The zero-order valence-corrected chi connectivity index (χ0v) is 46.1. The molecule has 4 aliphatic rings. The van der Waals surface area contributed by atoms with Crippen molar-refractivity contribution >= 4 is 35.0 Å². The van der Waals surface area contributed by atoms with E-state index in [1.165, 1.54) is 28.9 Å². The van der Waals surface area contributed by atoms with Crippen LogP contribution in [-0.2, 0) is 19.2 Å². The molecule has 0 aromatic heterocycles. The lowest BCUT2D eigenvalue weighted by Crippen LogP contribution is -2.63. The van der Waals surface area contributed by atoms with Crippen molar-refractivity contribution in [3.63, 3.8) is 0 Å². The van der Waals surface area contributed by atoms with Crippen molar-refractivity contribution in [3.8, 4) is 0 Å². The zero-order chi connectivity index (χ0) is 55.2. The minimum Gasteiger partial charge on any atom is -0.368 e. The first-order valence-electron chi connectivity index (χ1n) is 28.8. The molecule has 10 rings (SSSR count). The molecule has 2 N–H and O–H groups in total. The Bertz CT molecular complexity index is 2840. The van der Waals surface area contributed by atoms with E-state index in [9.17, 15) is 28.0 Å². The van der Waals surface area contributed by atoms with Gasteiger partial charge in [0.2, 0.25) is 23.6 Å². The van der Waals surface area contributed by atoms with Gasteiger partial charge >= 0.3 is 0 Å². The molecule has 10 nitrogen and oxygen atoms in total. The molecule has 0 atom stereocenters. The number of amides is 4. The minimum atomic E-state index is -2.49. The highest BCUT2D eigenvalue weighted by atomic mass is 19.3. The van der Waals surface area contributed by atoms with Crippen LogP contribution >= 0.6 is 0 Å². The van der Waals surface area contributed by atoms with Gasteiger partial charge in [-0.25, -0.2) is 8.78 Å². The molecule has 79 heavy (non-hydrogen) atoms. The molecule has 6 aromatic carbocycles. The number of aryl methyl sites for hydroxylation is 2. The van der Waals surface area contributed by atoms with E-state index in [2.05, 4.69) is 76.7 Å². The van der Waals surface area contributed by atoms with Crippen LogP contribution in [0, 0.1) is 13.8 Å². The average molecular weight is 1070 g/mol. The molecule has 2 saturated carbocycles. The summed E-state index contributed by atoms with van der Waals surface area (Å²) in [5, 5.41) is 6.56. The van der Waals surface area contributed by atoms with Crippen LogP contribution in [0.3, 0.4) is 0 Å². The molecule has 2 aliphatic heterocycles. The summed E-state index contributed by atoms with van der Waals surface area (Å²) in [6.45, 7) is 9.56. The Labute approximate surface area is 466 Å². The Hall–Kier alpha value is -7.34. The Morgan fingerprint density at radius 1 is 0.418 bits per heavy atom. The quantitative estimate of drug-likeness (QED) is 0.106. The topological polar surface area (TPSA) is 105 Å². The number of hydrogen-bond acceptors (Lipinski definition) is 6. The second kappa shape index (κ2) is 26.5. The summed E-state index contributed by atoms with van der Waals surface area (Å²) in [4.78, 5) is 63.7.